The van der Waals surface area contributed by atoms with Crippen molar-refractivity contribution in [2.75, 3.05) is 17.3 Å². The summed E-state index contributed by atoms with van der Waals surface area (Å²) in [6.07, 6.45) is 14.0. The second-order valence-corrected chi connectivity index (χ2v) is 16.6. The molecule has 58 heavy (non-hydrogen) atoms. The average molecular weight is 767 g/mol. The SMILES string of the molecule is CN(c1cc(-c2cccc(-c3ccccc3)c2)c2sc3ccccc3c2c1)c1ccccc1C1=CC=C(c2cccc(C3=CCCCC3)c2Nc2ccccc2)CC1. The highest BCUT2D eigenvalue weighted by Gasteiger charge is 2.22. The summed E-state index contributed by atoms with van der Waals surface area (Å²) >= 11 is 1.89. The maximum atomic E-state index is 3.86. The molecule has 0 aliphatic heterocycles. The molecular formula is C55H46N2S. The van der Waals surface area contributed by atoms with E-state index in [1.807, 2.05) is 11.3 Å². The smallest absolute Gasteiger partial charge is 0.0536 e. The molecule has 0 spiro atoms. The van der Waals surface area contributed by atoms with Crippen LogP contribution in [0.2, 0.25) is 0 Å². The number of fused-ring (bicyclic) bond motifs is 3. The molecule has 0 amide bonds. The Bertz CT molecular complexity index is 2880. The number of hydrogen-bond donors (Lipinski definition) is 1. The van der Waals surface area contributed by atoms with Gasteiger partial charge in [-0.15, -0.1) is 11.3 Å². The van der Waals surface area contributed by atoms with Crippen molar-refractivity contribution in [2.45, 2.75) is 38.5 Å². The van der Waals surface area contributed by atoms with Gasteiger partial charge in [0.2, 0.25) is 0 Å². The van der Waals surface area contributed by atoms with Crippen LogP contribution in [0, 0.1) is 0 Å². The monoisotopic (exact) mass is 766 g/mol. The quantitative estimate of drug-likeness (QED) is 0.157. The van der Waals surface area contributed by atoms with E-state index in [0.717, 1.165) is 31.4 Å². The number of allylic oxidation sites excluding steroid dienone is 6. The highest BCUT2D eigenvalue weighted by Crippen LogP contribution is 2.46. The third kappa shape index (κ3) is 6.97. The molecule has 2 aliphatic carbocycles. The molecule has 1 heterocycles. The summed E-state index contributed by atoms with van der Waals surface area (Å²) in [6, 6.07) is 59.8. The molecule has 0 fully saturated rings. The van der Waals surface area contributed by atoms with Crippen molar-refractivity contribution in [2.24, 2.45) is 0 Å². The minimum atomic E-state index is 0.972. The number of anilines is 4. The van der Waals surface area contributed by atoms with Crippen LogP contribution in [0.4, 0.5) is 22.7 Å². The van der Waals surface area contributed by atoms with Crippen LogP contribution in [0.25, 0.3) is 59.1 Å². The first-order chi connectivity index (χ1) is 28.7. The van der Waals surface area contributed by atoms with Gasteiger partial charge in [-0.1, -0.05) is 140 Å². The van der Waals surface area contributed by atoms with Gasteiger partial charge in [-0.3, -0.25) is 0 Å². The first-order valence-electron chi connectivity index (χ1n) is 20.7. The van der Waals surface area contributed by atoms with E-state index in [1.165, 1.54) is 106 Å². The lowest BCUT2D eigenvalue weighted by atomic mass is 9.85. The molecule has 3 heteroatoms. The van der Waals surface area contributed by atoms with Crippen LogP contribution in [0.5, 0.6) is 0 Å². The van der Waals surface area contributed by atoms with Gasteiger partial charge in [-0.05, 0) is 114 Å². The Balaban J connectivity index is 1.04. The average Bonchev–Trinajstić information content (AvgIpc) is 3.68. The van der Waals surface area contributed by atoms with E-state index in [9.17, 15) is 0 Å². The van der Waals surface area contributed by atoms with Crippen LogP contribution >= 0.6 is 11.3 Å². The fraction of sp³-hybridized carbons (Fsp3) is 0.127. The zero-order chi connectivity index (χ0) is 38.8. The molecule has 0 radical (unpaired) electrons. The Morgan fingerprint density at radius 2 is 1.16 bits per heavy atom. The summed E-state index contributed by atoms with van der Waals surface area (Å²) in [5.41, 5.74) is 17.9. The van der Waals surface area contributed by atoms with E-state index in [2.05, 4.69) is 199 Å². The largest absolute Gasteiger partial charge is 0.355 e. The van der Waals surface area contributed by atoms with E-state index >= 15 is 0 Å². The van der Waals surface area contributed by atoms with Gasteiger partial charge in [0.25, 0.3) is 0 Å². The topological polar surface area (TPSA) is 15.3 Å². The lowest BCUT2D eigenvalue weighted by Crippen LogP contribution is -2.12. The molecule has 0 bridgehead atoms. The van der Waals surface area contributed by atoms with E-state index in [-0.39, 0.29) is 0 Å². The van der Waals surface area contributed by atoms with Crippen LogP contribution in [-0.2, 0) is 0 Å². The molecule has 1 N–H and O–H groups in total. The lowest BCUT2D eigenvalue weighted by Gasteiger charge is -2.26. The normalized spacial score (nSPS) is 14.2. The van der Waals surface area contributed by atoms with Crippen LogP contribution < -0.4 is 10.2 Å². The Kier molecular flexibility index (Phi) is 9.82. The van der Waals surface area contributed by atoms with Gasteiger partial charge in [0.15, 0.2) is 0 Å². The van der Waals surface area contributed by atoms with Crippen molar-refractivity contribution in [1.82, 2.24) is 0 Å². The Morgan fingerprint density at radius 1 is 0.500 bits per heavy atom. The summed E-state index contributed by atoms with van der Waals surface area (Å²) < 4.78 is 2.64. The molecule has 8 aromatic rings. The van der Waals surface area contributed by atoms with E-state index < -0.39 is 0 Å². The Labute approximate surface area is 346 Å². The molecular weight excluding hydrogens is 721 g/mol. The summed E-state index contributed by atoms with van der Waals surface area (Å²) in [7, 11) is 2.23. The number of rotatable bonds is 9. The van der Waals surface area contributed by atoms with Crippen LogP contribution in [0.15, 0.2) is 182 Å². The molecule has 2 aliphatic rings. The van der Waals surface area contributed by atoms with Gasteiger partial charge < -0.3 is 10.2 Å². The summed E-state index contributed by atoms with van der Waals surface area (Å²) in [5, 5.41) is 6.48. The van der Waals surface area contributed by atoms with Crippen molar-refractivity contribution < 1.29 is 0 Å². The molecule has 1 aromatic heterocycles. The van der Waals surface area contributed by atoms with Crippen LogP contribution in [-0.4, -0.2) is 7.05 Å². The fourth-order valence-corrected chi connectivity index (χ4v) is 10.2. The van der Waals surface area contributed by atoms with E-state index in [4.69, 9.17) is 0 Å². The third-order valence-electron chi connectivity index (χ3n) is 12.0. The van der Waals surface area contributed by atoms with Crippen molar-refractivity contribution in [3.05, 3.63) is 199 Å². The molecule has 10 rings (SSSR count). The fourth-order valence-electron chi connectivity index (χ4n) is 8.95. The second kappa shape index (κ2) is 15.8. The molecule has 0 saturated carbocycles. The summed E-state index contributed by atoms with van der Waals surface area (Å²) in [4.78, 5) is 2.40. The molecule has 2 nitrogen and oxygen atoms in total. The van der Waals surface area contributed by atoms with Crippen molar-refractivity contribution in [3.63, 3.8) is 0 Å². The zero-order valence-electron chi connectivity index (χ0n) is 32.9. The minimum Gasteiger partial charge on any atom is -0.355 e. The first-order valence-corrected chi connectivity index (χ1v) is 21.5. The number of benzene rings is 7. The zero-order valence-corrected chi connectivity index (χ0v) is 33.7. The second-order valence-electron chi connectivity index (χ2n) is 15.6. The van der Waals surface area contributed by atoms with Gasteiger partial charge in [0.1, 0.15) is 0 Å². The van der Waals surface area contributed by atoms with E-state index in [1.54, 1.807) is 0 Å². The van der Waals surface area contributed by atoms with Crippen LogP contribution in [0.1, 0.15) is 55.2 Å². The Hall–Kier alpha value is -6.42. The van der Waals surface area contributed by atoms with E-state index in [0.29, 0.717) is 0 Å². The molecule has 282 valence electrons. The third-order valence-corrected chi connectivity index (χ3v) is 13.2. The van der Waals surface area contributed by atoms with Crippen molar-refractivity contribution in [1.29, 1.82) is 0 Å². The standard InChI is InChI=1S/C55H46N2S/c1-57(45-36-50(55-51(37-45)49-26-12-14-30-53(49)58-55)43-22-15-21-42(35-43)38-17-5-2-6-18-38)52-29-13-11-25-46(52)40-31-33-41(34-32-40)48-28-16-27-47(39-19-7-3-8-20-39)54(48)56-44-23-9-4-10-24-44/h2,4-6,9-19,21-31,33,35-37,56H,3,7-8,20,32,34H2,1H3. The van der Waals surface area contributed by atoms with Gasteiger partial charge in [0, 0.05) is 66.5 Å². The number of thiophene rings is 1. The highest BCUT2D eigenvalue weighted by atomic mass is 32.1. The van der Waals surface area contributed by atoms with Crippen molar-refractivity contribution >= 4 is 71.0 Å². The number of nitrogens with zero attached hydrogens (tertiary/aromatic N) is 1. The predicted octanol–water partition coefficient (Wildman–Crippen LogP) is 16.1. The van der Waals surface area contributed by atoms with Crippen LogP contribution in [0.3, 0.4) is 0 Å². The summed E-state index contributed by atoms with van der Waals surface area (Å²) in [6.45, 7) is 0. The number of para-hydroxylation sites is 3. The molecule has 0 saturated heterocycles. The maximum Gasteiger partial charge on any atom is 0.0536 e. The molecule has 7 aromatic carbocycles. The maximum absolute atomic E-state index is 3.86. The predicted molar refractivity (Wildman–Crippen MR) is 253 cm³/mol. The van der Waals surface area contributed by atoms with Gasteiger partial charge in [-0.25, -0.2) is 0 Å². The number of nitrogens with one attached hydrogen (secondary N) is 1. The lowest BCUT2D eigenvalue weighted by molar-refractivity contribution is 0.742. The number of hydrogen-bond acceptors (Lipinski definition) is 3. The van der Waals surface area contributed by atoms with Crippen molar-refractivity contribution in [3.8, 4) is 22.3 Å². The minimum absolute atomic E-state index is 0.972. The molecule has 0 unspecified atom stereocenters. The van der Waals surface area contributed by atoms with Gasteiger partial charge in [0.05, 0.1) is 5.69 Å². The summed E-state index contributed by atoms with van der Waals surface area (Å²) in [5.74, 6) is 0. The highest BCUT2D eigenvalue weighted by molar-refractivity contribution is 7.26. The molecule has 0 atom stereocenters. The first kappa shape index (κ1) is 36.0. The Morgan fingerprint density at radius 3 is 1.95 bits per heavy atom. The van der Waals surface area contributed by atoms with Gasteiger partial charge in [-0.2, -0.15) is 0 Å². The van der Waals surface area contributed by atoms with Gasteiger partial charge >= 0.3 is 0 Å².